The maximum atomic E-state index is 12.9. The highest BCUT2D eigenvalue weighted by molar-refractivity contribution is 7.13. The minimum atomic E-state index is -0.763. The van der Waals surface area contributed by atoms with Gasteiger partial charge in [-0.2, -0.15) is 0 Å². The van der Waals surface area contributed by atoms with Crippen molar-refractivity contribution in [3.8, 4) is 0 Å². The van der Waals surface area contributed by atoms with Gasteiger partial charge in [0, 0.05) is 11.6 Å². The molecule has 1 amide bonds. The van der Waals surface area contributed by atoms with Crippen LogP contribution in [0.25, 0.3) is 0 Å². The summed E-state index contributed by atoms with van der Waals surface area (Å²) >= 11 is 6.79. The third-order valence-electron chi connectivity index (χ3n) is 2.17. The number of hydrogen-bond acceptors (Lipinski definition) is 5. The van der Waals surface area contributed by atoms with E-state index in [4.69, 9.17) is 16.3 Å². The lowest BCUT2D eigenvalue weighted by Crippen LogP contribution is -2.20. The van der Waals surface area contributed by atoms with Crippen molar-refractivity contribution in [2.24, 2.45) is 0 Å². The maximum Gasteiger partial charge on any atom is 0.338 e. The summed E-state index contributed by atoms with van der Waals surface area (Å²) in [6.45, 7) is -0.465. The van der Waals surface area contributed by atoms with Crippen molar-refractivity contribution in [1.82, 2.24) is 4.98 Å². The van der Waals surface area contributed by atoms with Gasteiger partial charge in [-0.05, 0) is 18.2 Å². The average Bonchev–Trinajstić information content (AvgIpc) is 2.92. The van der Waals surface area contributed by atoms with Crippen LogP contribution in [0.15, 0.2) is 29.8 Å². The summed E-state index contributed by atoms with van der Waals surface area (Å²) in [6.07, 6.45) is 1.53. The molecule has 0 saturated carbocycles. The van der Waals surface area contributed by atoms with E-state index in [2.05, 4.69) is 10.3 Å². The Morgan fingerprint density at radius 2 is 2.25 bits per heavy atom. The first-order valence-electron chi connectivity index (χ1n) is 5.38. The average molecular weight is 315 g/mol. The number of amides is 1. The van der Waals surface area contributed by atoms with Crippen LogP contribution in [0.2, 0.25) is 5.02 Å². The number of carbonyl (C=O) groups is 2. The number of nitrogens with zero attached hydrogens (tertiary/aromatic N) is 1. The monoisotopic (exact) mass is 314 g/mol. The number of anilines is 1. The molecule has 1 N–H and O–H groups in total. The van der Waals surface area contributed by atoms with E-state index >= 15 is 0 Å². The van der Waals surface area contributed by atoms with Crippen LogP contribution in [0.4, 0.5) is 9.52 Å². The summed E-state index contributed by atoms with van der Waals surface area (Å²) in [6, 6.07) is 3.41. The van der Waals surface area contributed by atoms with Gasteiger partial charge in [0.2, 0.25) is 0 Å². The Labute approximate surface area is 122 Å². The zero-order valence-corrected chi connectivity index (χ0v) is 11.5. The Kier molecular flexibility index (Phi) is 4.65. The molecule has 104 valence electrons. The summed E-state index contributed by atoms with van der Waals surface area (Å²) in [5.74, 6) is -1.91. The largest absolute Gasteiger partial charge is 0.452 e. The van der Waals surface area contributed by atoms with Gasteiger partial charge in [-0.3, -0.25) is 10.1 Å². The normalized spacial score (nSPS) is 10.1. The van der Waals surface area contributed by atoms with Gasteiger partial charge in [0.15, 0.2) is 11.7 Å². The van der Waals surface area contributed by atoms with Gasteiger partial charge >= 0.3 is 5.97 Å². The highest BCUT2D eigenvalue weighted by Crippen LogP contribution is 2.16. The molecule has 0 aliphatic heterocycles. The quantitative estimate of drug-likeness (QED) is 0.881. The lowest BCUT2D eigenvalue weighted by Gasteiger charge is -2.05. The smallest absolute Gasteiger partial charge is 0.338 e. The van der Waals surface area contributed by atoms with Crippen LogP contribution in [0.1, 0.15) is 10.4 Å². The fraction of sp³-hybridized carbons (Fsp3) is 0.0833. The first-order chi connectivity index (χ1) is 9.56. The molecule has 0 spiro atoms. The number of halogens is 2. The van der Waals surface area contributed by atoms with E-state index in [0.717, 1.165) is 12.1 Å². The number of esters is 1. The predicted molar refractivity (Wildman–Crippen MR) is 72.4 cm³/mol. The molecule has 1 aromatic carbocycles. The van der Waals surface area contributed by atoms with Gasteiger partial charge in [0.1, 0.15) is 5.82 Å². The molecule has 0 aliphatic carbocycles. The maximum absolute atomic E-state index is 12.9. The van der Waals surface area contributed by atoms with Gasteiger partial charge in [-0.25, -0.2) is 14.2 Å². The first-order valence-corrected chi connectivity index (χ1v) is 6.63. The summed E-state index contributed by atoms with van der Waals surface area (Å²) in [5.41, 5.74) is 0.0680. The van der Waals surface area contributed by atoms with Gasteiger partial charge in [-0.15, -0.1) is 11.3 Å². The summed E-state index contributed by atoms with van der Waals surface area (Å²) in [7, 11) is 0. The second-order valence-electron chi connectivity index (χ2n) is 3.59. The fourth-order valence-corrected chi connectivity index (χ4v) is 2.00. The molecule has 0 saturated heterocycles. The van der Waals surface area contributed by atoms with Crippen molar-refractivity contribution in [2.45, 2.75) is 0 Å². The lowest BCUT2D eigenvalue weighted by molar-refractivity contribution is -0.119. The van der Waals surface area contributed by atoms with Crippen LogP contribution in [0.3, 0.4) is 0 Å². The van der Waals surface area contributed by atoms with Crippen molar-refractivity contribution in [2.75, 3.05) is 11.9 Å². The summed E-state index contributed by atoms with van der Waals surface area (Å²) in [4.78, 5) is 26.9. The van der Waals surface area contributed by atoms with Gasteiger partial charge in [0.25, 0.3) is 5.91 Å². The van der Waals surface area contributed by atoms with Crippen LogP contribution in [-0.4, -0.2) is 23.5 Å². The Morgan fingerprint density at radius 1 is 1.45 bits per heavy atom. The Balaban J connectivity index is 1.88. The van der Waals surface area contributed by atoms with Crippen LogP contribution < -0.4 is 5.32 Å². The zero-order chi connectivity index (χ0) is 14.5. The molecule has 2 rings (SSSR count). The van der Waals surface area contributed by atoms with E-state index < -0.39 is 24.3 Å². The molecule has 0 unspecified atom stereocenters. The highest BCUT2D eigenvalue weighted by Gasteiger charge is 2.12. The van der Waals surface area contributed by atoms with E-state index in [1.807, 2.05) is 0 Å². The molecule has 0 atom stereocenters. The Bertz CT molecular complexity index is 634. The van der Waals surface area contributed by atoms with Crippen molar-refractivity contribution in [3.63, 3.8) is 0 Å². The molecular weight excluding hydrogens is 307 g/mol. The summed E-state index contributed by atoms with van der Waals surface area (Å²) < 4.78 is 17.7. The van der Waals surface area contributed by atoms with Gasteiger partial charge in [-0.1, -0.05) is 11.6 Å². The van der Waals surface area contributed by atoms with Gasteiger partial charge in [0.05, 0.1) is 10.6 Å². The molecule has 2 aromatic rings. The molecule has 20 heavy (non-hydrogen) atoms. The molecule has 1 heterocycles. The van der Waals surface area contributed by atoms with Crippen LogP contribution in [0, 0.1) is 5.82 Å². The number of aromatic nitrogens is 1. The van der Waals surface area contributed by atoms with Crippen molar-refractivity contribution in [1.29, 1.82) is 0 Å². The molecule has 1 aromatic heterocycles. The van der Waals surface area contributed by atoms with E-state index in [-0.39, 0.29) is 10.6 Å². The van der Waals surface area contributed by atoms with Crippen LogP contribution >= 0.6 is 22.9 Å². The highest BCUT2D eigenvalue weighted by atomic mass is 35.5. The summed E-state index contributed by atoms with van der Waals surface area (Å²) in [5, 5.41) is 4.38. The van der Waals surface area contributed by atoms with E-state index in [1.165, 1.54) is 23.6 Å². The minimum Gasteiger partial charge on any atom is -0.452 e. The second-order valence-corrected chi connectivity index (χ2v) is 4.89. The van der Waals surface area contributed by atoms with E-state index in [9.17, 15) is 14.0 Å². The fourth-order valence-electron chi connectivity index (χ4n) is 1.28. The second kappa shape index (κ2) is 6.44. The van der Waals surface area contributed by atoms with Crippen molar-refractivity contribution >= 4 is 39.9 Å². The Hall–Kier alpha value is -1.99. The van der Waals surface area contributed by atoms with Crippen molar-refractivity contribution in [3.05, 3.63) is 46.2 Å². The third-order valence-corrected chi connectivity index (χ3v) is 3.15. The first kappa shape index (κ1) is 14.4. The Morgan fingerprint density at radius 3 is 2.90 bits per heavy atom. The van der Waals surface area contributed by atoms with E-state index in [0.29, 0.717) is 5.13 Å². The molecule has 5 nitrogen and oxygen atoms in total. The number of hydrogen-bond donors (Lipinski definition) is 1. The van der Waals surface area contributed by atoms with Crippen molar-refractivity contribution < 1.29 is 18.7 Å². The number of thiazole rings is 1. The lowest BCUT2D eigenvalue weighted by atomic mass is 10.2. The molecule has 0 aliphatic rings. The zero-order valence-electron chi connectivity index (χ0n) is 9.93. The molecule has 8 heteroatoms. The molecular formula is C12H8ClFN2O3S. The number of carbonyl (C=O) groups excluding carboxylic acids is 2. The standard InChI is InChI=1S/C12H8ClFN2O3S/c13-8-5-7(1-2-9(8)14)11(18)19-6-10(17)16-12-15-3-4-20-12/h1-5H,6H2,(H,15,16,17). The SMILES string of the molecule is O=C(COC(=O)c1ccc(F)c(Cl)c1)Nc1nccs1. The topological polar surface area (TPSA) is 68.3 Å². The third kappa shape index (κ3) is 3.75. The predicted octanol–water partition coefficient (Wildman–Crippen LogP) is 2.73. The van der Waals surface area contributed by atoms with Crippen LogP contribution in [0.5, 0.6) is 0 Å². The van der Waals surface area contributed by atoms with E-state index in [1.54, 1.807) is 5.38 Å². The molecule has 0 bridgehead atoms. The number of ether oxygens (including phenoxy) is 1. The van der Waals surface area contributed by atoms with Gasteiger partial charge < -0.3 is 4.74 Å². The molecule has 0 radical (unpaired) electrons. The number of nitrogens with one attached hydrogen (secondary N) is 1. The number of benzene rings is 1. The number of rotatable bonds is 4. The van der Waals surface area contributed by atoms with Crippen LogP contribution in [-0.2, 0) is 9.53 Å². The minimum absolute atomic E-state index is 0.0680. The molecule has 0 fully saturated rings.